The number of aryl methyl sites for hydroxylation is 10. The molecule has 14 heterocycles. The summed E-state index contributed by atoms with van der Waals surface area (Å²) in [5.74, 6) is -1.36. The molecule has 12 aromatic heterocycles. The van der Waals surface area contributed by atoms with Gasteiger partial charge in [-0.3, -0.25) is 43.2 Å². The minimum absolute atomic E-state index is 0.0560. The monoisotopic (exact) mass is 2020 g/mol. The lowest BCUT2D eigenvalue weighted by Gasteiger charge is -2.29. The maximum Gasteiger partial charge on any atom is 0.338 e. The molecular weight excluding hydrogens is 1930 g/mol. The lowest BCUT2D eigenvalue weighted by molar-refractivity contribution is 0.0694. The van der Waals surface area contributed by atoms with Crippen LogP contribution in [0.1, 0.15) is 127 Å². The van der Waals surface area contributed by atoms with Crippen LogP contribution in [0.5, 0.6) is 5.88 Å². The van der Waals surface area contributed by atoms with Crippen LogP contribution < -0.4 is 64.5 Å². The fourth-order valence-corrected chi connectivity index (χ4v) is 16.3. The van der Waals surface area contributed by atoms with E-state index in [0.29, 0.717) is 96.5 Å². The third-order valence-electron chi connectivity index (χ3n) is 21.6. The quantitative estimate of drug-likeness (QED) is 0.0400. The zero-order chi connectivity index (χ0) is 97.1. The number of amides is 4. The molecule has 0 saturated carbocycles. The minimum atomic E-state index is -0.972. The zero-order valence-electron chi connectivity index (χ0n) is 75.4. The second kappa shape index (κ2) is 44.9. The van der Waals surface area contributed by atoms with Gasteiger partial charge >= 0.3 is 5.97 Å². The van der Waals surface area contributed by atoms with Crippen molar-refractivity contribution in [3.05, 3.63) is 350 Å². The Labute approximate surface area is 801 Å². The maximum absolute atomic E-state index is 13.1. The van der Waals surface area contributed by atoms with Gasteiger partial charge < -0.3 is 76.2 Å². The number of pyridine rings is 11. The molecule has 34 nitrogen and oxygen atoms in total. The van der Waals surface area contributed by atoms with Gasteiger partial charge in [0.05, 0.1) is 63.1 Å². The van der Waals surface area contributed by atoms with Gasteiger partial charge in [-0.2, -0.15) is 0 Å². The van der Waals surface area contributed by atoms with Gasteiger partial charge in [0.2, 0.25) is 33.4 Å². The summed E-state index contributed by atoms with van der Waals surface area (Å²) in [4.78, 5) is 167. The van der Waals surface area contributed by atoms with Crippen LogP contribution >= 0.6 is 47.8 Å². The first kappa shape index (κ1) is 98.1. The molecule has 12 N–H and O–H groups in total. The summed E-state index contributed by atoms with van der Waals surface area (Å²) in [7, 11) is 0. The first-order valence-electron chi connectivity index (χ1n) is 42.6. The van der Waals surface area contributed by atoms with Gasteiger partial charge in [0.25, 0.3) is 29.5 Å². The second-order valence-corrected chi connectivity index (χ2v) is 34.0. The van der Waals surface area contributed by atoms with Crippen molar-refractivity contribution in [1.29, 1.82) is 0 Å². The number of carbonyl (C=O) groups excluding carboxylic acids is 4. The number of rotatable bonds is 12. The third-order valence-corrected chi connectivity index (χ3v) is 23.5. The maximum atomic E-state index is 13.1. The number of aromatic carboxylic acids is 1. The molecule has 694 valence electrons. The molecule has 17 aromatic rings. The Hall–Kier alpha value is -15.4. The van der Waals surface area contributed by atoms with Crippen molar-refractivity contribution in [2.45, 2.75) is 88.5 Å². The number of carbonyl (C=O) groups is 5. The number of aromatic nitrogens is 14. The summed E-state index contributed by atoms with van der Waals surface area (Å²) in [6.07, 6.45) is 13.5. The predicted octanol–water partition coefficient (Wildman–Crippen LogP) is 17.0. The van der Waals surface area contributed by atoms with Gasteiger partial charge in [0.1, 0.15) is 30.7 Å². The van der Waals surface area contributed by atoms with Crippen LogP contribution in [0.15, 0.2) is 239 Å². The number of benzene rings is 5. The Bertz CT molecular complexity index is 7590. The van der Waals surface area contributed by atoms with E-state index in [1.165, 1.54) is 43.8 Å². The number of hydrogen-bond acceptors (Lipinski definition) is 23. The normalized spacial score (nSPS) is 12.0. The molecule has 5 aromatic carbocycles. The fourth-order valence-electron chi connectivity index (χ4n) is 15.1. The number of H-pyrrole nitrogens is 5. The van der Waals surface area contributed by atoms with E-state index >= 15 is 0 Å². The van der Waals surface area contributed by atoms with E-state index in [1.807, 2.05) is 124 Å². The number of halogens is 3. The molecule has 4 amide bonds. The molecular formula is C99H93Br3N20O14. The van der Waals surface area contributed by atoms with Crippen molar-refractivity contribution in [1.82, 2.24) is 70.0 Å². The van der Waals surface area contributed by atoms with Crippen molar-refractivity contribution in [3.8, 4) is 5.88 Å². The molecule has 19 rings (SSSR count). The Morgan fingerprint density at radius 3 is 1.07 bits per heavy atom. The van der Waals surface area contributed by atoms with E-state index in [1.54, 1.807) is 122 Å². The highest BCUT2D eigenvalue weighted by atomic mass is 79.9. The number of nitrogens with two attached hydrogens (primary N) is 1. The van der Waals surface area contributed by atoms with Crippen LogP contribution in [-0.4, -0.2) is 144 Å². The standard InChI is InChI=1S/C22H17N7O3.C21H22N4O3.2C17H14BrN3O2.C11H12N2O.C6H4BrNO2.C5H10O/c1-12-10-18(30)26-19-13(2)9-14(11-16(12)19)25-21(31)15-5-3-8-24-22(15)32-29-20-17(27-28-29)6-4-7-23-20;1-13-11-18(26)24-19-14(2)10-15(12-17(13)19)23-21(27)16-4-3-5-22-20(16)25-6-8-28-9-7-25;2*1-9-7-14(22)21-15-10(2)6-11(8-13(9)15)20-17(23)12-4-3-5-19-16(12)18;1-6-4-10(14)13-11-7(2)3-8(12)5-9(6)11;7-5-4(6(9)10)2-1-3-8-5;1-2-4-6-5-3-1/h3-11H,1-2H3,(H,25,31)(H,26,30);3-5,10-12H,6-9H2,1-2H3,(H,23,27)(H,24,26);2*3-8H,1-2H3,(H,20,23)(H,21,22);3-5H,12H2,1-2H3,(H,13,14);1-3H,(H,9,10);1-5H2. The Balaban J connectivity index is 0.000000140. The van der Waals surface area contributed by atoms with Crippen LogP contribution in [0, 0.1) is 69.2 Å². The van der Waals surface area contributed by atoms with Crippen molar-refractivity contribution >= 4 is 177 Å². The van der Waals surface area contributed by atoms with Gasteiger partial charge in [0, 0.05) is 149 Å². The topological polar surface area (TPSA) is 483 Å². The van der Waals surface area contributed by atoms with E-state index in [4.69, 9.17) is 25.2 Å². The van der Waals surface area contributed by atoms with E-state index < -0.39 is 11.9 Å². The Morgan fingerprint density at radius 1 is 0.375 bits per heavy atom. The molecule has 0 radical (unpaired) electrons. The first-order valence-corrected chi connectivity index (χ1v) is 45.0. The number of nitrogens with one attached hydrogen (secondary N) is 9. The summed E-state index contributed by atoms with van der Waals surface area (Å²) in [5, 5.41) is 32.6. The molecule has 2 aliphatic heterocycles. The predicted molar refractivity (Wildman–Crippen MR) is 537 cm³/mol. The van der Waals surface area contributed by atoms with Gasteiger partial charge in [0.15, 0.2) is 0 Å². The second-order valence-electron chi connectivity index (χ2n) is 31.8. The van der Waals surface area contributed by atoms with Gasteiger partial charge in [-0.05, 0) is 331 Å². The third kappa shape index (κ3) is 24.7. The average molecular weight is 2030 g/mol. The first-order chi connectivity index (χ1) is 65.2. The summed E-state index contributed by atoms with van der Waals surface area (Å²) < 4.78 is 11.8. The lowest BCUT2D eigenvalue weighted by atomic mass is 10.1. The van der Waals surface area contributed by atoms with Crippen molar-refractivity contribution < 1.29 is 43.4 Å². The van der Waals surface area contributed by atoms with E-state index in [0.717, 1.165) is 134 Å². The molecule has 2 saturated heterocycles. The largest absolute Gasteiger partial charge is 0.478 e. The highest BCUT2D eigenvalue weighted by Gasteiger charge is 2.24. The van der Waals surface area contributed by atoms with Crippen LogP contribution in [0.2, 0.25) is 0 Å². The lowest BCUT2D eigenvalue weighted by Crippen LogP contribution is -2.38. The van der Waals surface area contributed by atoms with Crippen LogP contribution in [0.25, 0.3) is 65.7 Å². The van der Waals surface area contributed by atoms with E-state index in [9.17, 15) is 47.9 Å². The summed E-state index contributed by atoms with van der Waals surface area (Å²) in [5.41, 5.74) is 24.1. The number of anilines is 6. The molecule has 37 heteroatoms. The zero-order valence-corrected chi connectivity index (χ0v) is 80.1. The van der Waals surface area contributed by atoms with Crippen LogP contribution in [0.3, 0.4) is 0 Å². The molecule has 2 aliphatic rings. The number of nitrogen functional groups attached to an aromatic ring is 1. The van der Waals surface area contributed by atoms with Gasteiger partial charge in [-0.1, -0.05) is 4.85 Å². The van der Waals surface area contributed by atoms with Gasteiger partial charge in [-0.15, -0.1) is 5.10 Å². The molecule has 0 atom stereocenters. The average Bonchev–Trinajstić information content (AvgIpc) is 0.947. The van der Waals surface area contributed by atoms with Crippen molar-refractivity contribution in [2.75, 3.05) is 71.4 Å². The molecule has 0 unspecified atom stereocenters. The number of ether oxygens (including phenoxy) is 2. The molecule has 2 fully saturated rings. The number of carboxylic acids is 1. The van der Waals surface area contributed by atoms with Crippen molar-refractivity contribution in [2.24, 2.45) is 0 Å². The number of hydrogen-bond donors (Lipinski definition) is 11. The molecule has 0 aliphatic carbocycles. The summed E-state index contributed by atoms with van der Waals surface area (Å²) >= 11 is 9.55. The van der Waals surface area contributed by atoms with Crippen molar-refractivity contribution in [3.63, 3.8) is 0 Å². The van der Waals surface area contributed by atoms with Gasteiger partial charge in [-0.25, -0.2) is 34.7 Å². The van der Waals surface area contributed by atoms with E-state index in [-0.39, 0.29) is 62.5 Å². The number of carboxylic acid groups (broad SMARTS) is 1. The number of morpholine rings is 1. The fraction of sp³-hybridized carbons (Fsp3) is 0.192. The SMILES string of the molecule is C1CCOCC1.Cc1cc(=O)[nH]c2c(C)cc(N)cc12.Cc1cc(=O)[nH]c2c(C)cc(NC(=O)c3cccnc3Br)cc12.Cc1cc(=O)[nH]c2c(C)cc(NC(=O)c3cccnc3Br)cc12.Cc1cc(=O)[nH]c2c(C)cc(NC(=O)c3cccnc3N3CCOCC3)cc12.Cc1cc(=O)[nH]c2c(C)cc(NC(=O)c3cccnc3On3nnc4cccnc43)cc12.O=C(O)c1cccnc1Br. The summed E-state index contributed by atoms with van der Waals surface area (Å²) in [6.45, 7) is 23.6. The smallest absolute Gasteiger partial charge is 0.338 e. The molecule has 0 bridgehead atoms. The highest BCUT2D eigenvalue weighted by Crippen LogP contribution is 2.32. The minimum Gasteiger partial charge on any atom is -0.478 e. The molecule has 136 heavy (non-hydrogen) atoms. The van der Waals surface area contributed by atoms with Crippen LogP contribution in [0.4, 0.5) is 34.3 Å². The number of aromatic amines is 5. The molecule has 0 spiro atoms. The Kier molecular flexibility index (Phi) is 32.3. The highest BCUT2D eigenvalue weighted by molar-refractivity contribution is 9.11. The van der Waals surface area contributed by atoms with E-state index in [2.05, 4.69) is 139 Å². The number of fused-ring (bicyclic) bond motifs is 6. The number of nitrogens with zero attached hydrogens (tertiary/aromatic N) is 10. The summed E-state index contributed by atoms with van der Waals surface area (Å²) in [6, 6.07) is 46.4. The Morgan fingerprint density at radius 2 is 0.699 bits per heavy atom. The van der Waals surface area contributed by atoms with Crippen LogP contribution in [-0.2, 0) is 9.47 Å².